The summed E-state index contributed by atoms with van der Waals surface area (Å²) < 4.78 is 2.09. The van der Waals surface area contributed by atoms with E-state index in [-0.39, 0.29) is 0 Å². The van der Waals surface area contributed by atoms with E-state index in [0.29, 0.717) is 6.04 Å². The molecule has 78 valence electrons. The van der Waals surface area contributed by atoms with E-state index in [1.54, 1.807) is 0 Å². The minimum absolute atomic E-state index is 0.441. The normalized spacial score (nSPS) is 16.3. The van der Waals surface area contributed by atoms with Crippen molar-refractivity contribution in [2.75, 3.05) is 11.9 Å². The van der Waals surface area contributed by atoms with Crippen LogP contribution in [-0.2, 0) is 0 Å². The highest BCUT2D eigenvalue weighted by Gasteiger charge is 2.27. The van der Waals surface area contributed by atoms with Gasteiger partial charge in [0, 0.05) is 24.6 Å². The third-order valence-corrected chi connectivity index (χ3v) is 2.60. The predicted octanol–water partition coefficient (Wildman–Crippen LogP) is 2.77. The molecule has 0 saturated heterocycles. The molecule has 0 aromatic carbocycles. The van der Waals surface area contributed by atoms with Crippen LogP contribution < -0.4 is 5.32 Å². The van der Waals surface area contributed by atoms with Gasteiger partial charge < -0.3 is 5.32 Å². The van der Waals surface area contributed by atoms with Gasteiger partial charge in [0.2, 0.25) is 0 Å². The molecule has 0 aliphatic heterocycles. The number of anilines is 1. The van der Waals surface area contributed by atoms with Crippen LogP contribution in [0.25, 0.3) is 0 Å². The standard InChI is InChI=1S/C11H19N3/c1-4-12-11-7-10(9-5-6-9)13-14(11)8(2)3/h7-9,12H,4-6H2,1-3H3. The molecule has 0 atom stereocenters. The van der Waals surface area contributed by atoms with Crippen molar-refractivity contribution < 1.29 is 0 Å². The van der Waals surface area contributed by atoms with Gasteiger partial charge in [0.15, 0.2) is 0 Å². The Kier molecular flexibility index (Phi) is 2.48. The number of nitrogens with one attached hydrogen (secondary N) is 1. The zero-order chi connectivity index (χ0) is 10.1. The molecule has 0 amide bonds. The molecule has 1 saturated carbocycles. The zero-order valence-electron chi connectivity index (χ0n) is 9.25. The van der Waals surface area contributed by atoms with Crippen LogP contribution in [0.2, 0.25) is 0 Å². The minimum atomic E-state index is 0.441. The molecule has 0 unspecified atom stereocenters. The highest BCUT2D eigenvalue weighted by atomic mass is 15.3. The fourth-order valence-electron chi connectivity index (χ4n) is 1.70. The largest absolute Gasteiger partial charge is 0.371 e. The Morgan fingerprint density at radius 3 is 2.79 bits per heavy atom. The van der Waals surface area contributed by atoms with Gasteiger partial charge in [-0.3, -0.25) is 0 Å². The van der Waals surface area contributed by atoms with Crippen molar-refractivity contribution in [3.63, 3.8) is 0 Å². The van der Waals surface area contributed by atoms with E-state index in [0.717, 1.165) is 12.5 Å². The van der Waals surface area contributed by atoms with Gasteiger partial charge in [-0.25, -0.2) is 4.68 Å². The van der Waals surface area contributed by atoms with Gasteiger partial charge in [-0.1, -0.05) is 0 Å². The molecule has 3 nitrogen and oxygen atoms in total. The lowest BCUT2D eigenvalue weighted by molar-refractivity contribution is 0.532. The Hall–Kier alpha value is -0.990. The lowest BCUT2D eigenvalue weighted by atomic mass is 10.3. The van der Waals surface area contributed by atoms with E-state index < -0.39 is 0 Å². The molecule has 1 aliphatic rings. The summed E-state index contributed by atoms with van der Waals surface area (Å²) in [6.07, 6.45) is 2.64. The Balaban J connectivity index is 2.25. The summed E-state index contributed by atoms with van der Waals surface area (Å²) in [5.41, 5.74) is 1.27. The van der Waals surface area contributed by atoms with Crippen molar-refractivity contribution in [1.82, 2.24) is 9.78 Å². The highest BCUT2D eigenvalue weighted by Crippen LogP contribution is 2.40. The molecule has 1 heterocycles. The number of hydrogen-bond donors (Lipinski definition) is 1. The minimum Gasteiger partial charge on any atom is -0.371 e. The molecule has 1 aliphatic carbocycles. The summed E-state index contributed by atoms with van der Waals surface area (Å²) in [6, 6.07) is 2.65. The second kappa shape index (κ2) is 3.64. The van der Waals surface area contributed by atoms with Crippen molar-refractivity contribution in [1.29, 1.82) is 0 Å². The summed E-state index contributed by atoms with van der Waals surface area (Å²) in [5.74, 6) is 1.91. The maximum Gasteiger partial charge on any atom is 0.124 e. The van der Waals surface area contributed by atoms with Gasteiger partial charge >= 0.3 is 0 Å². The van der Waals surface area contributed by atoms with Crippen molar-refractivity contribution in [3.05, 3.63) is 11.8 Å². The summed E-state index contributed by atoms with van der Waals surface area (Å²) in [7, 11) is 0. The quantitative estimate of drug-likeness (QED) is 0.796. The van der Waals surface area contributed by atoms with Crippen LogP contribution >= 0.6 is 0 Å². The van der Waals surface area contributed by atoms with Crippen molar-refractivity contribution in [2.24, 2.45) is 0 Å². The average Bonchev–Trinajstić information content (AvgIpc) is 2.89. The molecule has 2 rings (SSSR count). The van der Waals surface area contributed by atoms with Gasteiger partial charge in [0.25, 0.3) is 0 Å². The molecular weight excluding hydrogens is 174 g/mol. The van der Waals surface area contributed by atoms with Crippen LogP contribution in [-0.4, -0.2) is 16.3 Å². The van der Waals surface area contributed by atoms with E-state index in [4.69, 9.17) is 0 Å². The molecule has 3 heteroatoms. The van der Waals surface area contributed by atoms with E-state index in [2.05, 4.69) is 41.9 Å². The molecule has 0 bridgehead atoms. The monoisotopic (exact) mass is 193 g/mol. The maximum absolute atomic E-state index is 4.64. The van der Waals surface area contributed by atoms with Crippen LogP contribution in [0.15, 0.2) is 6.07 Å². The predicted molar refractivity (Wildman–Crippen MR) is 58.8 cm³/mol. The second-order valence-electron chi connectivity index (χ2n) is 4.30. The fourth-order valence-corrected chi connectivity index (χ4v) is 1.70. The third kappa shape index (κ3) is 1.76. The first-order valence-electron chi connectivity index (χ1n) is 5.55. The lowest BCUT2D eigenvalue weighted by Gasteiger charge is -2.10. The van der Waals surface area contributed by atoms with Crippen molar-refractivity contribution in [3.8, 4) is 0 Å². The molecule has 1 aromatic rings. The van der Waals surface area contributed by atoms with Crippen LogP contribution in [0.5, 0.6) is 0 Å². The van der Waals surface area contributed by atoms with Crippen molar-refractivity contribution >= 4 is 5.82 Å². The Morgan fingerprint density at radius 2 is 2.29 bits per heavy atom. The van der Waals surface area contributed by atoms with Gasteiger partial charge in [-0.2, -0.15) is 5.10 Å². The molecule has 0 spiro atoms. The first kappa shape index (κ1) is 9.56. The van der Waals surface area contributed by atoms with E-state index in [9.17, 15) is 0 Å². The topological polar surface area (TPSA) is 29.9 Å². The summed E-state index contributed by atoms with van der Waals surface area (Å²) >= 11 is 0. The molecule has 1 aromatic heterocycles. The fraction of sp³-hybridized carbons (Fsp3) is 0.727. The highest BCUT2D eigenvalue weighted by molar-refractivity contribution is 5.39. The molecule has 14 heavy (non-hydrogen) atoms. The number of aromatic nitrogens is 2. The summed E-state index contributed by atoms with van der Waals surface area (Å²) in [6.45, 7) is 7.42. The second-order valence-corrected chi connectivity index (χ2v) is 4.30. The van der Waals surface area contributed by atoms with Gasteiger partial charge in [0.05, 0.1) is 5.69 Å². The van der Waals surface area contributed by atoms with E-state index in [1.807, 2.05) is 0 Å². The Bertz CT molecular complexity index is 310. The van der Waals surface area contributed by atoms with Gasteiger partial charge in [-0.05, 0) is 33.6 Å². The van der Waals surface area contributed by atoms with Crippen molar-refractivity contribution in [2.45, 2.75) is 45.6 Å². The molecule has 0 radical (unpaired) electrons. The SMILES string of the molecule is CCNc1cc(C2CC2)nn1C(C)C. The van der Waals surface area contributed by atoms with Crippen LogP contribution in [0.4, 0.5) is 5.82 Å². The molecule has 1 N–H and O–H groups in total. The first-order chi connectivity index (χ1) is 6.72. The lowest BCUT2D eigenvalue weighted by Crippen LogP contribution is -2.09. The Labute approximate surface area is 85.5 Å². The van der Waals surface area contributed by atoms with Gasteiger partial charge in [0.1, 0.15) is 5.82 Å². The summed E-state index contributed by atoms with van der Waals surface area (Å²) in [5, 5.41) is 8.01. The Morgan fingerprint density at radius 1 is 1.57 bits per heavy atom. The van der Waals surface area contributed by atoms with E-state index >= 15 is 0 Å². The average molecular weight is 193 g/mol. The zero-order valence-corrected chi connectivity index (χ0v) is 9.25. The molecule has 1 fully saturated rings. The molecular formula is C11H19N3. The van der Waals surface area contributed by atoms with E-state index in [1.165, 1.54) is 24.4 Å². The van der Waals surface area contributed by atoms with Crippen LogP contribution in [0.3, 0.4) is 0 Å². The first-order valence-corrected chi connectivity index (χ1v) is 5.55. The maximum atomic E-state index is 4.64. The number of rotatable bonds is 4. The van der Waals surface area contributed by atoms with Gasteiger partial charge in [-0.15, -0.1) is 0 Å². The van der Waals surface area contributed by atoms with Crippen LogP contribution in [0, 0.1) is 0 Å². The summed E-state index contributed by atoms with van der Waals surface area (Å²) in [4.78, 5) is 0. The third-order valence-electron chi connectivity index (χ3n) is 2.60. The number of nitrogens with zero attached hydrogens (tertiary/aromatic N) is 2. The van der Waals surface area contributed by atoms with Crippen LogP contribution in [0.1, 0.15) is 51.3 Å². The number of hydrogen-bond acceptors (Lipinski definition) is 2. The smallest absolute Gasteiger partial charge is 0.124 e.